The van der Waals surface area contributed by atoms with E-state index in [2.05, 4.69) is 4.98 Å². The maximum absolute atomic E-state index is 10.00. The molecule has 3 aromatic rings. The third-order valence-electron chi connectivity index (χ3n) is 3.06. The zero-order valence-electron chi connectivity index (χ0n) is 10.6. The Morgan fingerprint density at radius 1 is 0.750 bits per heavy atom. The van der Waals surface area contributed by atoms with Crippen molar-refractivity contribution in [2.75, 3.05) is 0 Å². The number of aromatic nitrogens is 1. The van der Waals surface area contributed by atoms with Gasteiger partial charge in [0.25, 0.3) is 0 Å². The number of rotatable bonds is 2. The van der Waals surface area contributed by atoms with Crippen molar-refractivity contribution >= 4 is 11.6 Å². The molecule has 0 aliphatic rings. The van der Waals surface area contributed by atoms with Gasteiger partial charge in [0.05, 0.1) is 5.69 Å². The van der Waals surface area contributed by atoms with Gasteiger partial charge >= 0.3 is 0 Å². The van der Waals surface area contributed by atoms with Crippen LogP contribution in [-0.2, 0) is 0 Å². The summed E-state index contributed by atoms with van der Waals surface area (Å²) in [6.07, 6.45) is 0. The molecule has 2 nitrogen and oxygen atoms in total. The van der Waals surface area contributed by atoms with Crippen LogP contribution in [0.1, 0.15) is 0 Å². The van der Waals surface area contributed by atoms with Crippen molar-refractivity contribution in [3.05, 3.63) is 71.8 Å². The molecule has 1 aromatic heterocycles. The number of hydrogen-bond acceptors (Lipinski definition) is 2. The van der Waals surface area contributed by atoms with E-state index in [0.29, 0.717) is 10.7 Å². The van der Waals surface area contributed by atoms with Crippen LogP contribution in [0.15, 0.2) is 66.7 Å². The van der Waals surface area contributed by atoms with Crippen molar-refractivity contribution in [2.45, 2.75) is 0 Å². The summed E-state index contributed by atoms with van der Waals surface area (Å²) < 4.78 is 0. The lowest BCUT2D eigenvalue weighted by atomic mass is 10.1. The fraction of sp³-hybridized carbons (Fsp3) is 0. The predicted octanol–water partition coefficient (Wildman–Crippen LogP) is 4.77. The SMILES string of the molecule is Oc1ccc(-c2ccc(Cl)cc2)nc1-c1ccccc1. The zero-order valence-corrected chi connectivity index (χ0v) is 11.4. The van der Waals surface area contributed by atoms with Crippen molar-refractivity contribution in [2.24, 2.45) is 0 Å². The molecule has 0 aliphatic heterocycles. The highest BCUT2D eigenvalue weighted by molar-refractivity contribution is 6.30. The van der Waals surface area contributed by atoms with E-state index in [1.165, 1.54) is 0 Å². The molecule has 0 saturated carbocycles. The molecule has 20 heavy (non-hydrogen) atoms. The summed E-state index contributed by atoms with van der Waals surface area (Å²) >= 11 is 5.89. The summed E-state index contributed by atoms with van der Waals surface area (Å²) in [5, 5.41) is 10.7. The van der Waals surface area contributed by atoms with Gasteiger partial charge in [0.1, 0.15) is 11.4 Å². The molecule has 2 aromatic carbocycles. The maximum atomic E-state index is 10.00. The van der Waals surface area contributed by atoms with Crippen molar-refractivity contribution in [1.82, 2.24) is 4.98 Å². The molecule has 0 spiro atoms. The molecule has 0 fully saturated rings. The van der Waals surface area contributed by atoms with Crippen LogP contribution in [0, 0.1) is 0 Å². The van der Waals surface area contributed by atoms with Crippen molar-refractivity contribution in [3.8, 4) is 28.3 Å². The highest BCUT2D eigenvalue weighted by atomic mass is 35.5. The first-order valence-corrected chi connectivity index (χ1v) is 6.63. The van der Waals surface area contributed by atoms with Crippen LogP contribution in [0.2, 0.25) is 5.02 Å². The van der Waals surface area contributed by atoms with E-state index in [1.807, 2.05) is 54.6 Å². The molecular weight excluding hydrogens is 270 g/mol. The predicted molar refractivity (Wildman–Crippen MR) is 81.8 cm³/mol. The molecule has 0 unspecified atom stereocenters. The summed E-state index contributed by atoms with van der Waals surface area (Å²) in [7, 11) is 0. The molecule has 0 bridgehead atoms. The Labute approximate surface area is 122 Å². The zero-order chi connectivity index (χ0) is 13.9. The normalized spacial score (nSPS) is 10.4. The Morgan fingerprint density at radius 3 is 2.15 bits per heavy atom. The third-order valence-corrected chi connectivity index (χ3v) is 3.31. The smallest absolute Gasteiger partial charge is 0.141 e. The first-order valence-electron chi connectivity index (χ1n) is 6.25. The molecule has 0 aliphatic carbocycles. The molecular formula is C17H12ClNO. The highest BCUT2D eigenvalue weighted by Gasteiger charge is 2.08. The van der Waals surface area contributed by atoms with Gasteiger partial charge in [-0.3, -0.25) is 0 Å². The number of halogens is 1. The van der Waals surface area contributed by atoms with E-state index >= 15 is 0 Å². The molecule has 98 valence electrons. The van der Waals surface area contributed by atoms with E-state index in [9.17, 15) is 5.11 Å². The van der Waals surface area contributed by atoms with E-state index in [0.717, 1.165) is 16.8 Å². The van der Waals surface area contributed by atoms with E-state index in [-0.39, 0.29) is 5.75 Å². The molecule has 3 rings (SSSR count). The maximum Gasteiger partial charge on any atom is 0.141 e. The molecule has 0 atom stereocenters. The Kier molecular flexibility index (Phi) is 3.40. The minimum Gasteiger partial charge on any atom is -0.506 e. The number of aromatic hydroxyl groups is 1. The fourth-order valence-electron chi connectivity index (χ4n) is 2.04. The van der Waals surface area contributed by atoms with E-state index in [4.69, 9.17) is 11.6 Å². The number of benzene rings is 2. The minimum absolute atomic E-state index is 0.175. The van der Waals surface area contributed by atoms with Gasteiger partial charge in [-0.25, -0.2) is 4.98 Å². The lowest BCUT2D eigenvalue weighted by Gasteiger charge is -2.07. The standard InChI is InChI=1S/C17H12ClNO/c18-14-8-6-12(7-9-14)15-10-11-16(20)17(19-15)13-4-2-1-3-5-13/h1-11,20H. The second kappa shape index (κ2) is 5.35. The second-order valence-electron chi connectivity index (χ2n) is 4.44. The Balaban J connectivity index is 2.09. The summed E-state index contributed by atoms with van der Waals surface area (Å²) in [5.41, 5.74) is 3.24. The molecule has 3 heteroatoms. The second-order valence-corrected chi connectivity index (χ2v) is 4.87. The quantitative estimate of drug-likeness (QED) is 0.733. The van der Waals surface area contributed by atoms with Gasteiger partial charge in [-0.15, -0.1) is 0 Å². The molecule has 1 heterocycles. The topological polar surface area (TPSA) is 33.1 Å². The molecule has 0 amide bonds. The summed E-state index contributed by atoms with van der Waals surface area (Å²) in [4.78, 5) is 4.55. The van der Waals surface area contributed by atoms with Crippen LogP contribution in [0.4, 0.5) is 0 Å². The fourth-order valence-corrected chi connectivity index (χ4v) is 2.17. The minimum atomic E-state index is 0.175. The van der Waals surface area contributed by atoms with Gasteiger partial charge in [0, 0.05) is 16.1 Å². The lowest BCUT2D eigenvalue weighted by molar-refractivity contribution is 0.475. The average molecular weight is 282 g/mol. The molecule has 1 N–H and O–H groups in total. The van der Waals surface area contributed by atoms with Gasteiger partial charge in [0.2, 0.25) is 0 Å². The average Bonchev–Trinajstić information content (AvgIpc) is 2.50. The van der Waals surface area contributed by atoms with Gasteiger partial charge in [-0.05, 0) is 24.3 Å². The first-order chi connectivity index (χ1) is 9.74. The largest absolute Gasteiger partial charge is 0.506 e. The van der Waals surface area contributed by atoms with Crippen LogP contribution in [0.3, 0.4) is 0 Å². The first kappa shape index (κ1) is 12.7. The number of nitrogens with zero attached hydrogens (tertiary/aromatic N) is 1. The third kappa shape index (κ3) is 2.51. The van der Waals surface area contributed by atoms with Crippen molar-refractivity contribution in [1.29, 1.82) is 0 Å². The van der Waals surface area contributed by atoms with E-state index in [1.54, 1.807) is 12.1 Å². The van der Waals surface area contributed by atoms with E-state index < -0.39 is 0 Å². The van der Waals surface area contributed by atoms with Crippen LogP contribution >= 0.6 is 11.6 Å². The summed E-state index contributed by atoms with van der Waals surface area (Å²) in [5.74, 6) is 0.175. The Hall–Kier alpha value is -2.32. The van der Waals surface area contributed by atoms with Crippen LogP contribution in [0.5, 0.6) is 5.75 Å². The summed E-state index contributed by atoms with van der Waals surface area (Å²) in [6.45, 7) is 0. The summed E-state index contributed by atoms with van der Waals surface area (Å²) in [6, 6.07) is 20.6. The highest BCUT2D eigenvalue weighted by Crippen LogP contribution is 2.30. The van der Waals surface area contributed by atoms with Gasteiger partial charge in [0.15, 0.2) is 0 Å². The van der Waals surface area contributed by atoms with Gasteiger partial charge in [-0.2, -0.15) is 0 Å². The van der Waals surface area contributed by atoms with Crippen molar-refractivity contribution < 1.29 is 5.11 Å². The number of pyridine rings is 1. The van der Waals surface area contributed by atoms with Crippen molar-refractivity contribution in [3.63, 3.8) is 0 Å². The van der Waals surface area contributed by atoms with Gasteiger partial charge in [-0.1, -0.05) is 54.1 Å². The monoisotopic (exact) mass is 281 g/mol. The Bertz CT molecular complexity index is 724. The Morgan fingerprint density at radius 2 is 1.45 bits per heavy atom. The van der Waals surface area contributed by atoms with Crippen LogP contribution < -0.4 is 0 Å². The molecule has 0 radical (unpaired) electrons. The lowest BCUT2D eigenvalue weighted by Crippen LogP contribution is -1.88. The van der Waals surface area contributed by atoms with Gasteiger partial charge < -0.3 is 5.11 Å². The van der Waals surface area contributed by atoms with Crippen LogP contribution in [0.25, 0.3) is 22.5 Å². The molecule has 0 saturated heterocycles. The number of hydrogen-bond donors (Lipinski definition) is 1. The van der Waals surface area contributed by atoms with Crippen LogP contribution in [-0.4, -0.2) is 10.1 Å².